The minimum atomic E-state index is -4.93. The van der Waals surface area contributed by atoms with Gasteiger partial charge in [0.25, 0.3) is 11.8 Å². The molecule has 0 aromatic heterocycles. The molecule has 5 nitrogen and oxygen atoms in total. The van der Waals surface area contributed by atoms with Crippen LogP contribution in [-0.4, -0.2) is 18.6 Å². The van der Waals surface area contributed by atoms with E-state index < -0.39 is 42.1 Å². The lowest BCUT2D eigenvalue weighted by molar-refractivity contribution is -0.275. The zero-order chi connectivity index (χ0) is 28.6. The van der Waals surface area contributed by atoms with E-state index in [1.54, 1.807) is 0 Å². The van der Waals surface area contributed by atoms with Crippen molar-refractivity contribution in [2.75, 3.05) is 10.2 Å². The van der Waals surface area contributed by atoms with Crippen LogP contribution >= 0.6 is 0 Å². The first-order chi connectivity index (χ1) is 18.1. The van der Waals surface area contributed by atoms with Crippen LogP contribution < -0.4 is 19.7 Å². The molecule has 13 heteroatoms. The zero-order valence-electron chi connectivity index (χ0n) is 19.8. The van der Waals surface area contributed by atoms with Crippen molar-refractivity contribution in [3.05, 3.63) is 95.7 Å². The molecule has 1 amide bonds. The molecule has 4 rings (SSSR count). The monoisotopic (exact) mass is 558 g/mol. The van der Waals surface area contributed by atoms with Crippen molar-refractivity contribution in [3.8, 4) is 11.5 Å². The van der Waals surface area contributed by atoms with E-state index in [2.05, 4.69) is 14.8 Å². The fraction of sp³-hybridized carbons (Fsp3) is 0.192. The Hall–Kier alpha value is -4.29. The van der Waals surface area contributed by atoms with E-state index in [1.165, 1.54) is 59.5 Å². The topological polar surface area (TPSA) is 50.8 Å². The summed E-state index contributed by atoms with van der Waals surface area (Å²) in [4.78, 5) is 14.6. The summed E-state index contributed by atoms with van der Waals surface area (Å²) in [5.74, 6) is -4.88. The van der Waals surface area contributed by atoms with Gasteiger partial charge in [0.15, 0.2) is 0 Å². The lowest BCUT2D eigenvalue weighted by Gasteiger charge is -2.26. The van der Waals surface area contributed by atoms with Gasteiger partial charge in [-0.3, -0.25) is 9.69 Å². The number of ether oxygens (including phenoxy) is 2. The lowest BCUT2D eigenvalue weighted by Crippen LogP contribution is -2.31. The summed E-state index contributed by atoms with van der Waals surface area (Å²) in [6, 6.07) is 13.2. The van der Waals surface area contributed by atoms with Gasteiger partial charge >= 0.3 is 12.7 Å². The van der Waals surface area contributed by atoms with Crippen LogP contribution in [0.3, 0.4) is 0 Å². The van der Waals surface area contributed by atoms with E-state index in [0.717, 1.165) is 24.3 Å². The molecule has 3 aromatic carbocycles. The number of anilines is 2. The number of hydrogen-bond acceptors (Lipinski definition) is 4. The van der Waals surface area contributed by atoms with Crippen molar-refractivity contribution in [3.63, 3.8) is 0 Å². The maximum absolute atomic E-state index is 14.0. The zero-order valence-corrected chi connectivity index (χ0v) is 19.8. The minimum Gasteiger partial charge on any atom is -0.406 e. The van der Waals surface area contributed by atoms with Crippen LogP contribution in [0.2, 0.25) is 0 Å². The fourth-order valence-corrected chi connectivity index (χ4v) is 3.88. The highest BCUT2D eigenvalue weighted by Gasteiger charge is 2.37. The molecule has 1 atom stereocenters. The van der Waals surface area contributed by atoms with Gasteiger partial charge in [-0.15, -0.1) is 26.3 Å². The number of amides is 1. The Morgan fingerprint density at radius 2 is 1.31 bits per heavy atom. The molecule has 0 fully saturated rings. The molecule has 1 N–H and O–H groups in total. The first kappa shape index (κ1) is 27.7. The average Bonchev–Trinajstić information content (AvgIpc) is 3.14. The first-order valence-corrected chi connectivity index (χ1v) is 11.1. The molecule has 0 spiro atoms. The molecule has 0 saturated carbocycles. The van der Waals surface area contributed by atoms with Gasteiger partial charge < -0.3 is 14.8 Å². The minimum absolute atomic E-state index is 0.0474. The van der Waals surface area contributed by atoms with E-state index in [1.807, 2.05) is 0 Å². The standard InChI is InChI=1S/C26H18F8N2O3/c1-24(27,28)16-4-2-3-15(13-16)22-14-21(35-17-5-9-19(10-6-17)38-25(29,30)31)23(37)36(22)18-7-11-20(12-8-18)39-26(32,33)34/h2-14,22,35H,1H3/t22-/m1/s1. The number of carbonyl (C=O) groups excluding carboxylic acids is 1. The molecular formula is C26H18F8N2O3. The van der Waals surface area contributed by atoms with Crippen molar-refractivity contribution in [1.29, 1.82) is 0 Å². The Kier molecular flexibility index (Phi) is 7.19. The number of nitrogens with one attached hydrogen (secondary N) is 1. The average molecular weight is 558 g/mol. The van der Waals surface area contributed by atoms with Crippen LogP contribution in [0.25, 0.3) is 0 Å². The number of alkyl halides is 8. The quantitative estimate of drug-likeness (QED) is 0.302. The maximum atomic E-state index is 14.0. The van der Waals surface area contributed by atoms with E-state index >= 15 is 0 Å². The second-order valence-corrected chi connectivity index (χ2v) is 8.45. The molecule has 39 heavy (non-hydrogen) atoms. The molecule has 0 bridgehead atoms. The van der Waals surface area contributed by atoms with E-state index in [9.17, 15) is 39.9 Å². The van der Waals surface area contributed by atoms with Gasteiger partial charge in [-0.25, -0.2) is 8.78 Å². The van der Waals surface area contributed by atoms with Gasteiger partial charge in [-0.05, 0) is 66.2 Å². The first-order valence-electron chi connectivity index (χ1n) is 11.1. The predicted molar refractivity (Wildman–Crippen MR) is 124 cm³/mol. The molecular weight excluding hydrogens is 540 g/mol. The summed E-state index contributed by atoms with van der Waals surface area (Å²) >= 11 is 0. The van der Waals surface area contributed by atoms with Crippen LogP contribution in [0.15, 0.2) is 84.6 Å². The highest BCUT2D eigenvalue weighted by atomic mass is 19.4. The van der Waals surface area contributed by atoms with Gasteiger partial charge in [0.2, 0.25) is 0 Å². The summed E-state index contributed by atoms with van der Waals surface area (Å²) in [5.41, 5.74) is 0.261. The predicted octanol–water partition coefficient (Wildman–Crippen LogP) is 7.68. The lowest BCUT2D eigenvalue weighted by atomic mass is 10.0. The van der Waals surface area contributed by atoms with E-state index in [4.69, 9.17) is 0 Å². The molecule has 206 valence electrons. The number of hydrogen-bond donors (Lipinski definition) is 1. The van der Waals surface area contributed by atoms with Crippen LogP contribution in [0, 0.1) is 0 Å². The molecule has 0 radical (unpaired) electrons. The SMILES string of the molecule is CC(F)(F)c1cccc([C@H]2C=C(Nc3ccc(OC(F)(F)F)cc3)C(=O)N2c2ccc(OC(F)(F)F)cc2)c1. The van der Waals surface area contributed by atoms with E-state index in [-0.39, 0.29) is 28.2 Å². The Bertz CT molecular complexity index is 1360. The van der Waals surface area contributed by atoms with Crippen molar-refractivity contribution in [2.45, 2.75) is 31.6 Å². The largest absolute Gasteiger partial charge is 0.573 e. The van der Waals surface area contributed by atoms with Gasteiger partial charge in [0, 0.05) is 23.9 Å². The molecule has 0 saturated heterocycles. The third-order valence-corrected chi connectivity index (χ3v) is 5.50. The van der Waals surface area contributed by atoms with Crippen molar-refractivity contribution in [1.82, 2.24) is 0 Å². The Morgan fingerprint density at radius 3 is 1.82 bits per heavy atom. The smallest absolute Gasteiger partial charge is 0.406 e. The van der Waals surface area contributed by atoms with Crippen molar-refractivity contribution >= 4 is 17.3 Å². The summed E-state index contributed by atoms with van der Waals surface area (Å²) < 4.78 is 111. The molecule has 0 aliphatic carbocycles. The second-order valence-electron chi connectivity index (χ2n) is 8.45. The fourth-order valence-electron chi connectivity index (χ4n) is 3.88. The van der Waals surface area contributed by atoms with Crippen LogP contribution in [0.1, 0.15) is 24.1 Å². The second kappa shape index (κ2) is 10.1. The number of benzene rings is 3. The maximum Gasteiger partial charge on any atom is 0.573 e. The Labute approximate surface area is 216 Å². The third-order valence-electron chi connectivity index (χ3n) is 5.50. The highest BCUT2D eigenvalue weighted by Crippen LogP contribution is 2.39. The van der Waals surface area contributed by atoms with Gasteiger partial charge in [0.05, 0.1) is 6.04 Å². The van der Waals surface area contributed by atoms with Crippen molar-refractivity contribution < 1.29 is 49.4 Å². The third kappa shape index (κ3) is 6.98. The number of halogens is 8. The molecule has 3 aromatic rings. The number of nitrogens with zero attached hydrogens (tertiary/aromatic N) is 1. The molecule has 0 unspecified atom stereocenters. The number of rotatable bonds is 7. The summed E-state index contributed by atoms with van der Waals surface area (Å²) in [5, 5.41) is 2.78. The Morgan fingerprint density at radius 1 is 0.769 bits per heavy atom. The highest BCUT2D eigenvalue weighted by molar-refractivity contribution is 6.11. The summed E-state index contributed by atoms with van der Waals surface area (Å²) in [6.07, 6.45) is -8.41. The van der Waals surface area contributed by atoms with E-state index in [0.29, 0.717) is 6.92 Å². The molecule has 1 heterocycles. The molecule has 1 aliphatic rings. The van der Waals surface area contributed by atoms with Gasteiger partial charge in [-0.2, -0.15) is 0 Å². The van der Waals surface area contributed by atoms with Crippen LogP contribution in [0.4, 0.5) is 46.5 Å². The number of carbonyl (C=O) groups is 1. The summed E-state index contributed by atoms with van der Waals surface area (Å²) in [6.45, 7) is 0.706. The van der Waals surface area contributed by atoms with Gasteiger partial charge in [0.1, 0.15) is 17.2 Å². The van der Waals surface area contributed by atoms with Crippen LogP contribution in [-0.2, 0) is 10.7 Å². The van der Waals surface area contributed by atoms with Crippen LogP contribution in [0.5, 0.6) is 11.5 Å². The van der Waals surface area contributed by atoms with Gasteiger partial charge in [-0.1, -0.05) is 18.2 Å². The summed E-state index contributed by atoms with van der Waals surface area (Å²) in [7, 11) is 0. The molecule has 1 aliphatic heterocycles. The normalized spacial score (nSPS) is 16.2. The Balaban J connectivity index is 1.67. The van der Waals surface area contributed by atoms with Crippen molar-refractivity contribution in [2.24, 2.45) is 0 Å².